The largest absolute Gasteiger partial charge is 0.385 e. The summed E-state index contributed by atoms with van der Waals surface area (Å²) in [5, 5.41) is 12.0. The van der Waals surface area contributed by atoms with Gasteiger partial charge in [-0.15, -0.1) is 12.4 Å². The van der Waals surface area contributed by atoms with Gasteiger partial charge in [0.25, 0.3) is 5.56 Å². The Morgan fingerprint density at radius 1 is 1.00 bits per heavy atom. The molecule has 148 valence electrons. The molecule has 0 spiro atoms. The average Bonchev–Trinajstić information content (AvgIpc) is 2.67. The molecule has 0 unspecified atom stereocenters. The van der Waals surface area contributed by atoms with Crippen molar-refractivity contribution in [2.75, 3.05) is 31.5 Å². The summed E-state index contributed by atoms with van der Waals surface area (Å²) in [6.07, 6.45) is 5.10. The minimum absolute atomic E-state index is 0. The highest BCUT2D eigenvalue weighted by atomic mass is 35.5. The van der Waals surface area contributed by atoms with Crippen LogP contribution in [0.3, 0.4) is 0 Å². The van der Waals surface area contributed by atoms with Gasteiger partial charge in [-0.25, -0.2) is 5.10 Å². The Labute approximate surface area is 171 Å². The minimum Gasteiger partial charge on any atom is -0.385 e. The van der Waals surface area contributed by atoms with E-state index in [1.165, 1.54) is 45.3 Å². The molecule has 1 saturated heterocycles. The van der Waals surface area contributed by atoms with Crippen molar-refractivity contribution in [3.05, 3.63) is 58.9 Å². The Bertz CT molecular complexity index is 968. The lowest BCUT2D eigenvalue weighted by molar-refractivity contribution is 0.178. The lowest BCUT2D eigenvalue weighted by Gasteiger charge is -2.30. The van der Waals surface area contributed by atoms with Crippen LogP contribution in [0.25, 0.3) is 22.0 Å². The van der Waals surface area contributed by atoms with Crippen molar-refractivity contribution in [3.8, 4) is 11.3 Å². The number of unbranched alkanes of at least 4 members (excludes halogenated alkanes) is 2. The molecule has 0 aliphatic carbocycles. The van der Waals surface area contributed by atoms with Crippen molar-refractivity contribution < 1.29 is 0 Å². The molecule has 0 saturated carbocycles. The van der Waals surface area contributed by atoms with Crippen molar-refractivity contribution in [3.63, 3.8) is 0 Å². The Morgan fingerprint density at radius 3 is 2.61 bits per heavy atom. The second kappa shape index (κ2) is 9.71. The normalized spacial score (nSPS) is 13.7. The molecule has 0 radical (unpaired) electrons. The summed E-state index contributed by atoms with van der Waals surface area (Å²) in [5.41, 5.74) is 2.75. The second-order valence-electron chi connectivity index (χ2n) is 7.21. The zero-order valence-corrected chi connectivity index (χ0v) is 16.8. The molecular formula is C22H27ClN4O. The standard InChI is InChI=1S/C22H26N4O.ClH/c27-22-20-11-3-2-10-19(20)21(24-25-22)17-8-6-9-18(16-17)23-12-4-1-5-13-26-14-7-15-26;/h2-3,6,8-11,16,23H,1,4-5,7,12-15H2,(H,25,27);1H. The molecule has 6 heteroatoms. The molecule has 2 aromatic carbocycles. The number of hydrogen-bond donors (Lipinski definition) is 2. The van der Waals surface area contributed by atoms with E-state index in [-0.39, 0.29) is 18.0 Å². The predicted octanol–water partition coefficient (Wildman–Crippen LogP) is 4.30. The fourth-order valence-electron chi connectivity index (χ4n) is 3.59. The van der Waals surface area contributed by atoms with Crippen LogP contribution >= 0.6 is 12.4 Å². The maximum Gasteiger partial charge on any atom is 0.272 e. The molecule has 5 nitrogen and oxygen atoms in total. The molecule has 28 heavy (non-hydrogen) atoms. The molecule has 0 amide bonds. The van der Waals surface area contributed by atoms with Crippen molar-refractivity contribution >= 4 is 28.9 Å². The van der Waals surface area contributed by atoms with E-state index in [0.717, 1.165) is 28.9 Å². The lowest BCUT2D eigenvalue weighted by atomic mass is 10.0. The number of halogens is 1. The Kier molecular flexibility index (Phi) is 7.06. The van der Waals surface area contributed by atoms with Crippen LogP contribution in [0.5, 0.6) is 0 Å². The van der Waals surface area contributed by atoms with Crippen LogP contribution in [0, 0.1) is 0 Å². The number of hydrogen-bond acceptors (Lipinski definition) is 4. The number of rotatable bonds is 8. The highest BCUT2D eigenvalue weighted by Gasteiger charge is 2.12. The molecule has 2 heterocycles. The highest BCUT2D eigenvalue weighted by molar-refractivity contribution is 5.94. The topological polar surface area (TPSA) is 61.0 Å². The summed E-state index contributed by atoms with van der Waals surface area (Å²) in [6, 6.07) is 15.8. The number of nitrogens with one attached hydrogen (secondary N) is 2. The lowest BCUT2D eigenvalue weighted by Crippen LogP contribution is -2.37. The van der Waals surface area contributed by atoms with Gasteiger partial charge in [0, 0.05) is 23.2 Å². The van der Waals surface area contributed by atoms with Crippen LogP contribution in [0.4, 0.5) is 5.69 Å². The number of fused-ring (bicyclic) bond motifs is 1. The Hall–Kier alpha value is -2.37. The molecule has 1 aliphatic rings. The van der Waals surface area contributed by atoms with Gasteiger partial charge in [0.1, 0.15) is 0 Å². The van der Waals surface area contributed by atoms with Crippen molar-refractivity contribution in [2.45, 2.75) is 25.7 Å². The molecule has 1 aromatic heterocycles. The van der Waals surface area contributed by atoms with Gasteiger partial charge in [0.2, 0.25) is 0 Å². The van der Waals surface area contributed by atoms with Crippen LogP contribution in [0.15, 0.2) is 53.3 Å². The summed E-state index contributed by atoms with van der Waals surface area (Å²) < 4.78 is 0. The summed E-state index contributed by atoms with van der Waals surface area (Å²) in [4.78, 5) is 14.5. The maximum atomic E-state index is 12.0. The van der Waals surface area contributed by atoms with E-state index in [0.29, 0.717) is 5.39 Å². The van der Waals surface area contributed by atoms with Gasteiger partial charge in [-0.3, -0.25) is 4.79 Å². The van der Waals surface area contributed by atoms with Crippen molar-refractivity contribution in [2.24, 2.45) is 0 Å². The van der Waals surface area contributed by atoms with Crippen LogP contribution in [-0.4, -0.2) is 41.3 Å². The van der Waals surface area contributed by atoms with E-state index in [4.69, 9.17) is 0 Å². The molecule has 4 rings (SSSR count). The number of aromatic amines is 1. The maximum absolute atomic E-state index is 12.0. The second-order valence-corrected chi connectivity index (χ2v) is 7.21. The highest BCUT2D eigenvalue weighted by Crippen LogP contribution is 2.26. The minimum atomic E-state index is -0.151. The summed E-state index contributed by atoms with van der Waals surface area (Å²) in [6.45, 7) is 4.81. The zero-order valence-electron chi connectivity index (χ0n) is 16.0. The van der Waals surface area contributed by atoms with Crippen molar-refractivity contribution in [1.29, 1.82) is 0 Å². The van der Waals surface area contributed by atoms with Gasteiger partial charge < -0.3 is 10.2 Å². The fourth-order valence-corrected chi connectivity index (χ4v) is 3.59. The zero-order chi connectivity index (χ0) is 18.5. The molecular weight excluding hydrogens is 372 g/mol. The Balaban J connectivity index is 0.00000225. The number of nitrogens with zero attached hydrogens (tertiary/aromatic N) is 2. The number of likely N-dealkylation sites (tertiary alicyclic amines) is 1. The number of benzene rings is 2. The van der Waals surface area contributed by atoms with Gasteiger partial charge in [-0.2, -0.15) is 5.10 Å². The smallest absolute Gasteiger partial charge is 0.272 e. The van der Waals surface area contributed by atoms with Gasteiger partial charge in [-0.1, -0.05) is 36.8 Å². The fraction of sp³-hybridized carbons (Fsp3) is 0.364. The van der Waals surface area contributed by atoms with E-state index in [1.807, 2.05) is 36.4 Å². The first-order valence-corrected chi connectivity index (χ1v) is 9.85. The summed E-state index contributed by atoms with van der Waals surface area (Å²) in [7, 11) is 0. The van der Waals surface area contributed by atoms with E-state index in [1.54, 1.807) is 0 Å². The van der Waals surface area contributed by atoms with E-state index in [2.05, 4.69) is 32.5 Å². The SMILES string of the molecule is Cl.O=c1[nH]nc(-c2cccc(NCCCCCN3CCC3)c2)c2ccccc12. The van der Waals surface area contributed by atoms with Crippen molar-refractivity contribution in [1.82, 2.24) is 15.1 Å². The third kappa shape index (κ3) is 4.72. The predicted molar refractivity (Wildman–Crippen MR) is 118 cm³/mol. The summed E-state index contributed by atoms with van der Waals surface area (Å²) >= 11 is 0. The molecule has 3 aromatic rings. The first-order chi connectivity index (χ1) is 13.3. The van der Waals surface area contributed by atoms with Crippen LogP contribution in [-0.2, 0) is 0 Å². The van der Waals surface area contributed by atoms with Crippen LogP contribution in [0.1, 0.15) is 25.7 Å². The molecule has 1 aliphatic heterocycles. The first-order valence-electron chi connectivity index (χ1n) is 9.85. The molecule has 2 N–H and O–H groups in total. The number of H-pyrrole nitrogens is 1. The Morgan fingerprint density at radius 2 is 1.82 bits per heavy atom. The van der Waals surface area contributed by atoms with Gasteiger partial charge in [0.05, 0.1) is 11.1 Å². The van der Waals surface area contributed by atoms with Gasteiger partial charge in [-0.05, 0) is 57.1 Å². The van der Waals surface area contributed by atoms with Gasteiger partial charge >= 0.3 is 0 Å². The summed E-state index contributed by atoms with van der Waals surface area (Å²) in [5.74, 6) is 0. The monoisotopic (exact) mass is 398 g/mol. The third-order valence-corrected chi connectivity index (χ3v) is 5.26. The quantitative estimate of drug-likeness (QED) is 0.555. The third-order valence-electron chi connectivity index (χ3n) is 5.26. The van der Waals surface area contributed by atoms with E-state index in [9.17, 15) is 4.79 Å². The molecule has 0 bridgehead atoms. The molecule has 0 atom stereocenters. The van der Waals surface area contributed by atoms with Crippen LogP contribution in [0.2, 0.25) is 0 Å². The van der Waals surface area contributed by atoms with E-state index >= 15 is 0 Å². The van der Waals surface area contributed by atoms with E-state index < -0.39 is 0 Å². The first kappa shape index (κ1) is 20.4. The van der Waals surface area contributed by atoms with Gasteiger partial charge in [0.15, 0.2) is 0 Å². The number of anilines is 1. The molecule has 1 fully saturated rings. The average molecular weight is 399 g/mol. The van der Waals surface area contributed by atoms with Crippen LogP contribution < -0.4 is 10.9 Å². The number of aromatic nitrogens is 2.